The molecule has 1 aromatic heterocycles. The highest BCUT2D eigenvalue weighted by Gasteiger charge is 2.16. The van der Waals surface area contributed by atoms with Gasteiger partial charge in [0.15, 0.2) is 0 Å². The van der Waals surface area contributed by atoms with Gasteiger partial charge in [-0.1, -0.05) is 6.07 Å². The molecule has 3 nitrogen and oxygen atoms in total. The van der Waals surface area contributed by atoms with Gasteiger partial charge < -0.3 is 10.0 Å². The lowest BCUT2D eigenvalue weighted by atomic mass is 10.1. The first kappa shape index (κ1) is 11.2. The van der Waals surface area contributed by atoms with Gasteiger partial charge in [0.25, 0.3) is 0 Å². The third kappa shape index (κ3) is 3.47. The van der Waals surface area contributed by atoms with Gasteiger partial charge in [-0.05, 0) is 32.0 Å². The third-order valence-electron chi connectivity index (χ3n) is 2.16. The molecule has 0 saturated carbocycles. The molecule has 1 atom stereocenters. The molecule has 0 amide bonds. The summed E-state index contributed by atoms with van der Waals surface area (Å²) in [7, 11) is 3.84. The Morgan fingerprint density at radius 3 is 2.79 bits per heavy atom. The minimum Gasteiger partial charge on any atom is -0.481 e. The second-order valence-electron chi connectivity index (χ2n) is 3.50. The Kier molecular flexibility index (Phi) is 4.10. The van der Waals surface area contributed by atoms with E-state index >= 15 is 0 Å². The molecular formula is C10H15NO2S. The van der Waals surface area contributed by atoms with Crippen molar-refractivity contribution < 1.29 is 9.90 Å². The van der Waals surface area contributed by atoms with E-state index in [1.807, 2.05) is 36.5 Å². The first-order chi connectivity index (χ1) is 6.59. The molecule has 0 fully saturated rings. The van der Waals surface area contributed by atoms with Crippen molar-refractivity contribution in [3.8, 4) is 0 Å². The van der Waals surface area contributed by atoms with E-state index in [1.54, 1.807) is 11.3 Å². The van der Waals surface area contributed by atoms with Gasteiger partial charge >= 0.3 is 5.97 Å². The summed E-state index contributed by atoms with van der Waals surface area (Å²) in [5, 5.41) is 10.8. The number of nitrogens with zero attached hydrogens (tertiary/aromatic N) is 1. The summed E-state index contributed by atoms with van der Waals surface area (Å²) in [6.07, 6.45) is 1.02. The van der Waals surface area contributed by atoms with Crippen LogP contribution in [-0.4, -0.2) is 36.1 Å². The van der Waals surface area contributed by atoms with Gasteiger partial charge in [-0.2, -0.15) is 0 Å². The molecule has 14 heavy (non-hydrogen) atoms. The Labute approximate surface area is 88.0 Å². The standard InChI is InChI=1S/C10H15NO2S/c1-11(2)8(7-10(12)13)6-9-4-3-5-14-9/h3-5,8H,6-7H2,1-2H3,(H,12,13). The summed E-state index contributed by atoms with van der Waals surface area (Å²) in [4.78, 5) is 13.8. The number of rotatable bonds is 5. The minimum atomic E-state index is -0.736. The van der Waals surface area contributed by atoms with E-state index in [4.69, 9.17) is 5.11 Å². The maximum atomic E-state index is 10.6. The second-order valence-corrected chi connectivity index (χ2v) is 4.53. The molecule has 0 spiro atoms. The number of hydrogen-bond donors (Lipinski definition) is 1. The number of hydrogen-bond acceptors (Lipinski definition) is 3. The highest BCUT2D eigenvalue weighted by atomic mass is 32.1. The molecule has 0 aliphatic carbocycles. The van der Waals surface area contributed by atoms with Crippen molar-refractivity contribution in [1.29, 1.82) is 0 Å². The summed E-state index contributed by atoms with van der Waals surface area (Å²) in [5.74, 6) is -0.736. The van der Waals surface area contributed by atoms with Crippen LogP contribution in [0.15, 0.2) is 17.5 Å². The van der Waals surface area contributed by atoms with Gasteiger partial charge in [-0.3, -0.25) is 4.79 Å². The first-order valence-electron chi connectivity index (χ1n) is 4.50. The molecule has 78 valence electrons. The summed E-state index contributed by atoms with van der Waals surface area (Å²) < 4.78 is 0. The average molecular weight is 213 g/mol. The summed E-state index contributed by atoms with van der Waals surface area (Å²) in [6.45, 7) is 0. The number of carboxylic acids is 1. The molecule has 1 rings (SSSR count). The van der Waals surface area contributed by atoms with Crippen LogP contribution in [0.1, 0.15) is 11.3 Å². The van der Waals surface area contributed by atoms with Crippen molar-refractivity contribution in [3.63, 3.8) is 0 Å². The van der Waals surface area contributed by atoms with Crippen molar-refractivity contribution in [1.82, 2.24) is 4.90 Å². The Bertz CT molecular complexity index is 282. The van der Waals surface area contributed by atoms with Crippen LogP contribution in [-0.2, 0) is 11.2 Å². The Morgan fingerprint density at radius 2 is 2.36 bits per heavy atom. The van der Waals surface area contributed by atoms with E-state index in [-0.39, 0.29) is 12.5 Å². The molecule has 0 bridgehead atoms. The van der Waals surface area contributed by atoms with Crippen LogP contribution in [0.25, 0.3) is 0 Å². The summed E-state index contributed by atoms with van der Waals surface area (Å²) in [5.41, 5.74) is 0. The van der Waals surface area contributed by atoms with Crippen LogP contribution >= 0.6 is 11.3 Å². The molecular weight excluding hydrogens is 198 g/mol. The summed E-state index contributed by atoms with van der Waals surface area (Å²) >= 11 is 1.68. The van der Waals surface area contributed by atoms with E-state index in [1.165, 1.54) is 4.88 Å². The largest absolute Gasteiger partial charge is 0.481 e. The van der Waals surface area contributed by atoms with Crippen molar-refractivity contribution in [2.75, 3.05) is 14.1 Å². The van der Waals surface area contributed by atoms with Gasteiger partial charge in [0.05, 0.1) is 6.42 Å². The molecule has 4 heteroatoms. The van der Waals surface area contributed by atoms with E-state index in [0.29, 0.717) is 0 Å². The average Bonchev–Trinajstić information content (AvgIpc) is 2.54. The number of carboxylic acid groups (broad SMARTS) is 1. The van der Waals surface area contributed by atoms with Crippen LogP contribution in [0.2, 0.25) is 0 Å². The van der Waals surface area contributed by atoms with Crippen LogP contribution in [0.5, 0.6) is 0 Å². The second kappa shape index (κ2) is 5.12. The first-order valence-corrected chi connectivity index (χ1v) is 5.38. The Hall–Kier alpha value is -0.870. The van der Waals surface area contributed by atoms with Gasteiger partial charge in [0.1, 0.15) is 0 Å². The van der Waals surface area contributed by atoms with Crippen molar-refractivity contribution in [2.24, 2.45) is 0 Å². The molecule has 1 unspecified atom stereocenters. The molecule has 0 aliphatic heterocycles. The predicted octanol–water partition coefficient (Wildman–Crippen LogP) is 1.70. The summed E-state index contributed by atoms with van der Waals surface area (Å²) in [6, 6.07) is 4.13. The topological polar surface area (TPSA) is 40.5 Å². The smallest absolute Gasteiger partial charge is 0.304 e. The van der Waals surface area contributed by atoms with Gasteiger partial charge in [-0.25, -0.2) is 0 Å². The molecule has 1 N–H and O–H groups in total. The van der Waals surface area contributed by atoms with Crippen LogP contribution < -0.4 is 0 Å². The zero-order valence-corrected chi connectivity index (χ0v) is 9.25. The highest BCUT2D eigenvalue weighted by Crippen LogP contribution is 2.14. The fourth-order valence-corrected chi connectivity index (χ4v) is 2.08. The lowest BCUT2D eigenvalue weighted by molar-refractivity contribution is -0.138. The van der Waals surface area contributed by atoms with E-state index in [0.717, 1.165) is 6.42 Å². The molecule has 0 aliphatic rings. The van der Waals surface area contributed by atoms with Gasteiger partial charge in [0, 0.05) is 10.9 Å². The zero-order chi connectivity index (χ0) is 10.6. The fourth-order valence-electron chi connectivity index (χ4n) is 1.30. The Morgan fingerprint density at radius 1 is 1.64 bits per heavy atom. The highest BCUT2D eigenvalue weighted by molar-refractivity contribution is 7.09. The van der Waals surface area contributed by atoms with Crippen molar-refractivity contribution in [3.05, 3.63) is 22.4 Å². The SMILES string of the molecule is CN(C)C(CC(=O)O)Cc1cccs1. The Balaban J connectivity index is 2.56. The minimum absolute atomic E-state index is 0.0890. The molecule has 0 radical (unpaired) electrons. The van der Waals surface area contributed by atoms with Crippen molar-refractivity contribution in [2.45, 2.75) is 18.9 Å². The fraction of sp³-hybridized carbons (Fsp3) is 0.500. The number of thiophene rings is 1. The van der Waals surface area contributed by atoms with Crippen LogP contribution in [0.4, 0.5) is 0 Å². The predicted molar refractivity (Wildman–Crippen MR) is 57.8 cm³/mol. The number of likely N-dealkylation sites (N-methyl/N-ethyl adjacent to an activating group) is 1. The molecule has 1 heterocycles. The van der Waals surface area contributed by atoms with Crippen LogP contribution in [0.3, 0.4) is 0 Å². The van der Waals surface area contributed by atoms with Gasteiger partial charge in [0.2, 0.25) is 0 Å². The lowest BCUT2D eigenvalue weighted by Gasteiger charge is -2.21. The normalized spacial score (nSPS) is 13.1. The van der Waals surface area contributed by atoms with Crippen LogP contribution in [0, 0.1) is 0 Å². The number of aliphatic carboxylic acids is 1. The van der Waals surface area contributed by atoms with E-state index < -0.39 is 5.97 Å². The molecule has 1 aromatic rings. The molecule has 0 saturated heterocycles. The molecule has 0 aromatic carbocycles. The van der Waals surface area contributed by atoms with E-state index in [2.05, 4.69) is 0 Å². The quantitative estimate of drug-likeness (QED) is 0.809. The maximum absolute atomic E-state index is 10.6. The lowest BCUT2D eigenvalue weighted by Crippen LogP contribution is -2.32. The van der Waals surface area contributed by atoms with Crippen molar-refractivity contribution >= 4 is 17.3 Å². The zero-order valence-electron chi connectivity index (χ0n) is 8.43. The van der Waals surface area contributed by atoms with E-state index in [9.17, 15) is 4.79 Å². The third-order valence-corrected chi connectivity index (χ3v) is 3.06. The maximum Gasteiger partial charge on any atom is 0.304 e. The number of carbonyl (C=O) groups is 1. The monoisotopic (exact) mass is 213 g/mol. The van der Waals surface area contributed by atoms with Gasteiger partial charge in [-0.15, -0.1) is 11.3 Å².